The van der Waals surface area contributed by atoms with Crippen LogP contribution in [0.2, 0.25) is 0 Å². The molecule has 0 amide bonds. The van der Waals surface area contributed by atoms with Crippen LogP contribution in [0.15, 0.2) is 10.5 Å². The normalized spacial score (nSPS) is 11.0. The summed E-state index contributed by atoms with van der Waals surface area (Å²) in [5, 5.41) is 3.38. The van der Waals surface area contributed by atoms with Crippen molar-refractivity contribution in [3.63, 3.8) is 0 Å². The van der Waals surface area contributed by atoms with E-state index in [0.29, 0.717) is 6.61 Å². The topological polar surface area (TPSA) is 34.4 Å². The highest BCUT2D eigenvalue weighted by Gasteiger charge is 2.06. The lowest BCUT2D eigenvalue weighted by Crippen LogP contribution is -2.13. The summed E-state index contributed by atoms with van der Waals surface area (Å²) in [6, 6.07) is 2.10. The SMILES string of the molecule is CCCCOCc1cc(CNCCC)c(C)o1. The number of ether oxygens (including phenoxy) is 1. The Bertz CT molecular complexity index is 307. The number of aryl methyl sites for hydroxylation is 1. The van der Waals surface area contributed by atoms with E-state index < -0.39 is 0 Å². The van der Waals surface area contributed by atoms with Crippen LogP contribution in [-0.4, -0.2) is 13.2 Å². The van der Waals surface area contributed by atoms with Gasteiger partial charge >= 0.3 is 0 Å². The number of nitrogens with one attached hydrogen (secondary N) is 1. The van der Waals surface area contributed by atoms with Crippen LogP contribution in [0.25, 0.3) is 0 Å². The van der Waals surface area contributed by atoms with Crippen LogP contribution in [-0.2, 0) is 17.9 Å². The minimum absolute atomic E-state index is 0.592. The van der Waals surface area contributed by atoms with E-state index in [9.17, 15) is 0 Å². The fraction of sp³-hybridized carbons (Fsp3) is 0.714. The number of furan rings is 1. The molecule has 0 atom stereocenters. The molecule has 17 heavy (non-hydrogen) atoms. The van der Waals surface area contributed by atoms with E-state index >= 15 is 0 Å². The third kappa shape index (κ3) is 5.37. The van der Waals surface area contributed by atoms with Gasteiger partial charge < -0.3 is 14.5 Å². The van der Waals surface area contributed by atoms with Crippen molar-refractivity contribution in [3.05, 3.63) is 23.2 Å². The third-order valence-corrected chi connectivity index (χ3v) is 2.70. The second-order valence-electron chi connectivity index (χ2n) is 4.38. The zero-order valence-electron chi connectivity index (χ0n) is 11.3. The lowest BCUT2D eigenvalue weighted by molar-refractivity contribution is 0.103. The molecule has 0 bridgehead atoms. The molecule has 0 radical (unpaired) electrons. The number of unbranched alkanes of at least 4 members (excludes halogenated alkanes) is 1. The maximum absolute atomic E-state index is 5.66. The summed E-state index contributed by atoms with van der Waals surface area (Å²) in [7, 11) is 0. The molecule has 0 aliphatic rings. The second-order valence-corrected chi connectivity index (χ2v) is 4.38. The minimum atomic E-state index is 0.592. The van der Waals surface area contributed by atoms with Gasteiger partial charge in [0.25, 0.3) is 0 Å². The molecule has 0 saturated carbocycles. The smallest absolute Gasteiger partial charge is 0.130 e. The summed E-state index contributed by atoms with van der Waals surface area (Å²) in [6.07, 6.45) is 3.44. The number of rotatable bonds is 9. The molecule has 0 saturated heterocycles. The van der Waals surface area contributed by atoms with Gasteiger partial charge in [0.2, 0.25) is 0 Å². The molecule has 1 aromatic rings. The van der Waals surface area contributed by atoms with E-state index in [0.717, 1.165) is 44.1 Å². The van der Waals surface area contributed by atoms with Gasteiger partial charge in [-0.05, 0) is 32.4 Å². The Hall–Kier alpha value is -0.800. The second kappa shape index (κ2) is 8.31. The van der Waals surface area contributed by atoms with Crippen molar-refractivity contribution in [2.45, 2.75) is 53.2 Å². The molecule has 1 heterocycles. The zero-order valence-corrected chi connectivity index (χ0v) is 11.3. The van der Waals surface area contributed by atoms with E-state index in [1.165, 1.54) is 12.0 Å². The van der Waals surface area contributed by atoms with E-state index in [1.807, 2.05) is 6.92 Å². The first-order chi connectivity index (χ1) is 8.27. The maximum atomic E-state index is 5.66. The quantitative estimate of drug-likeness (QED) is 0.671. The van der Waals surface area contributed by atoms with Crippen molar-refractivity contribution in [2.75, 3.05) is 13.2 Å². The standard InChI is InChI=1S/C14H25NO2/c1-4-6-8-16-11-14-9-13(12(3)17-14)10-15-7-5-2/h9,15H,4-8,10-11H2,1-3H3. The molecule has 0 aliphatic carbocycles. The van der Waals surface area contributed by atoms with E-state index in [1.54, 1.807) is 0 Å². The highest BCUT2D eigenvalue weighted by atomic mass is 16.5. The molecule has 0 spiro atoms. The molecule has 0 fully saturated rings. The fourth-order valence-electron chi connectivity index (χ4n) is 1.65. The van der Waals surface area contributed by atoms with Gasteiger partial charge in [-0.2, -0.15) is 0 Å². The predicted molar refractivity (Wildman–Crippen MR) is 70.0 cm³/mol. The number of hydrogen-bond acceptors (Lipinski definition) is 3. The Morgan fingerprint density at radius 2 is 2.12 bits per heavy atom. The first kappa shape index (κ1) is 14.3. The monoisotopic (exact) mass is 239 g/mol. The van der Waals surface area contributed by atoms with Crippen LogP contribution in [0.3, 0.4) is 0 Å². The van der Waals surface area contributed by atoms with Crippen LogP contribution in [0.1, 0.15) is 50.2 Å². The lowest BCUT2D eigenvalue weighted by atomic mass is 10.2. The van der Waals surface area contributed by atoms with Gasteiger partial charge in [0.15, 0.2) is 0 Å². The van der Waals surface area contributed by atoms with Crippen LogP contribution in [0, 0.1) is 6.92 Å². The van der Waals surface area contributed by atoms with E-state index in [-0.39, 0.29) is 0 Å². The van der Waals surface area contributed by atoms with Crippen molar-refractivity contribution >= 4 is 0 Å². The first-order valence-corrected chi connectivity index (χ1v) is 6.64. The van der Waals surface area contributed by atoms with Crippen molar-refractivity contribution in [1.82, 2.24) is 5.32 Å². The zero-order chi connectivity index (χ0) is 12.5. The van der Waals surface area contributed by atoms with E-state index in [4.69, 9.17) is 9.15 Å². The molecule has 0 aromatic carbocycles. The highest BCUT2D eigenvalue weighted by Crippen LogP contribution is 2.15. The first-order valence-electron chi connectivity index (χ1n) is 6.64. The Morgan fingerprint density at radius 1 is 1.29 bits per heavy atom. The Kier molecular flexibility index (Phi) is 6.97. The van der Waals surface area contributed by atoms with Gasteiger partial charge in [0.1, 0.15) is 18.1 Å². The molecular formula is C14H25NO2. The molecule has 1 aromatic heterocycles. The van der Waals surface area contributed by atoms with Gasteiger partial charge in [-0.25, -0.2) is 0 Å². The van der Waals surface area contributed by atoms with Crippen molar-refractivity contribution in [2.24, 2.45) is 0 Å². The average molecular weight is 239 g/mol. The molecule has 1 rings (SSSR count). The molecule has 98 valence electrons. The summed E-state index contributed by atoms with van der Waals surface area (Å²) < 4.78 is 11.2. The summed E-state index contributed by atoms with van der Waals surface area (Å²) in [6.45, 7) is 9.69. The van der Waals surface area contributed by atoms with Crippen LogP contribution >= 0.6 is 0 Å². The summed E-state index contributed by atoms with van der Waals surface area (Å²) in [5.74, 6) is 1.94. The summed E-state index contributed by atoms with van der Waals surface area (Å²) in [4.78, 5) is 0. The average Bonchev–Trinajstić information content (AvgIpc) is 2.66. The molecule has 3 heteroatoms. The molecular weight excluding hydrogens is 214 g/mol. The lowest BCUT2D eigenvalue weighted by Gasteiger charge is -2.00. The maximum Gasteiger partial charge on any atom is 0.130 e. The fourth-order valence-corrected chi connectivity index (χ4v) is 1.65. The Labute approximate surface area is 105 Å². The molecule has 3 nitrogen and oxygen atoms in total. The largest absolute Gasteiger partial charge is 0.464 e. The van der Waals surface area contributed by atoms with Gasteiger partial charge in [0, 0.05) is 18.7 Å². The van der Waals surface area contributed by atoms with Gasteiger partial charge in [-0.15, -0.1) is 0 Å². The van der Waals surface area contributed by atoms with Crippen molar-refractivity contribution < 1.29 is 9.15 Å². The Balaban J connectivity index is 2.33. The Morgan fingerprint density at radius 3 is 2.82 bits per heavy atom. The van der Waals surface area contributed by atoms with Crippen molar-refractivity contribution in [1.29, 1.82) is 0 Å². The van der Waals surface area contributed by atoms with Gasteiger partial charge in [0.05, 0.1) is 0 Å². The van der Waals surface area contributed by atoms with E-state index in [2.05, 4.69) is 25.2 Å². The minimum Gasteiger partial charge on any atom is -0.464 e. The van der Waals surface area contributed by atoms with Crippen LogP contribution in [0.5, 0.6) is 0 Å². The van der Waals surface area contributed by atoms with Crippen LogP contribution < -0.4 is 5.32 Å². The summed E-state index contributed by atoms with van der Waals surface area (Å²) in [5.41, 5.74) is 1.24. The van der Waals surface area contributed by atoms with Gasteiger partial charge in [-0.3, -0.25) is 0 Å². The third-order valence-electron chi connectivity index (χ3n) is 2.70. The highest BCUT2D eigenvalue weighted by molar-refractivity contribution is 5.20. The summed E-state index contributed by atoms with van der Waals surface area (Å²) >= 11 is 0. The number of hydrogen-bond donors (Lipinski definition) is 1. The van der Waals surface area contributed by atoms with Gasteiger partial charge in [-0.1, -0.05) is 20.3 Å². The van der Waals surface area contributed by atoms with Crippen molar-refractivity contribution in [3.8, 4) is 0 Å². The van der Waals surface area contributed by atoms with Crippen LogP contribution in [0.4, 0.5) is 0 Å². The molecule has 1 N–H and O–H groups in total. The molecule has 0 unspecified atom stereocenters. The molecule has 0 aliphatic heterocycles. The predicted octanol–water partition coefficient (Wildman–Crippen LogP) is 3.40.